The summed E-state index contributed by atoms with van der Waals surface area (Å²) >= 11 is 0. The zero-order chi connectivity index (χ0) is 11.3. The third-order valence-corrected chi connectivity index (χ3v) is 3.31. The molecule has 1 atom stereocenters. The average Bonchev–Trinajstić information content (AvgIpc) is 2.30. The van der Waals surface area contributed by atoms with E-state index in [1.165, 1.54) is 13.2 Å². The van der Waals surface area contributed by atoms with Gasteiger partial charge in [-0.15, -0.1) is 0 Å². The lowest BCUT2D eigenvalue weighted by Crippen LogP contribution is -2.09. The van der Waals surface area contributed by atoms with Gasteiger partial charge in [-0.2, -0.15) is 0 Å². The average molecular weight is 224 g/mol. The molecule has 0 saturated heterocycles. The molecular formula is C11H12O3S. The van der Waals surface area contributed by atoms with Gasteiger partial charge in [-0.05, 0) is 19.1 Å². The quantitative estimate of drug-likeness (QED) is 0.581. The highest BCUT2D eigenvalue weighted by Gasteiger charge is 2.17. The van der Waals surface area contributed by atoms with Crippen molar-refractivity contribution in [3.05, 3.63) is 41.3 Å². The number of esters is 1. The van der Waals surface area contributed by atoms with Crippen LogP contribution in [0.25, 0.3) is 0 Å². The fourth-order valence-corrected chi connectivity index (χ4v) is 2.18. The van der Waals surface area contributed by atoms with Crippen LogP contribution in [0.4, 0.5) is 0 Å². The van der Waals surface area contributed by atoms with Crippen molar-refractivity contribution in [3.8, 4) is 0 Å². The summed E-state index contributed by atoms with van der Waals surface area (Å²) in [6.07, 6.45) is 1.51. The molecule has 1 unspecified atom stereocenters. The van der Waals surface area contributed by atoms with Crippen LogP contribution in [0.1, 0.15) is 6.92 Å². The molecule has 15 heavy (non-hydrogen) atoms. The van der Waals surface area contributed by atoms with Gasteiger partial charge in [0.1, 0.15) is 4.91 Å². The SMILES string of the molecule is C/C=C(\C(=O)OC)S(=O)c1ccccc1. The van der Waals surface area contributed by atoms with E-state index >= 15 is 0 Å². The first-order valence-electron chi connectivity index (χ1n) is 4.42. The molecule has 0 aromatic heterocycles. The predicted octanol–water partition coefficient (Wildman–Crippen LogP) is 1.87. The lowest BCUT2D eigenvalue weighted by atomic mass is 10.4. The fraction of sp³-hybridized carbons (Fsp3) is 0.182. The highest BCUT2D eigenvalue weighted by Crippen LogP contribution is 2.14. The van der Waals surface area contributed by atoms with Crippen molar-refractivity contribution in [1.82, 2.24) is 0 Å². The molecule has 0 aliphatic carbocycles. The normalized spacial score (nSPS) is 13.3. The lowest BCUT2D eigenvalue weighted by Gasteiger charge is -2.04. The maximum Gasteiger partial charge on any atom is 0.346 e. The number of benzene rings is 1. The van der Waals surface area contributed by atoms with Crippen molar-refractivity contribution >= 4 is 16.8 Å². The van der Waals surface area contributed by atoms with Crippen molar-refractivity contribution in [3.63, 3.8) is 0 Å². The molecule has 0 heterocycles. The molecule has 0 spiro atoms. The minimum absolute atomic E-state index is 0.170. The molecule has 1 aromatic rings. The predicted molar refractivity (Wildman–Crippen MR) is 58.6 cm³/mol. The van der Waals surface area contributed by atoms with E-state index in [0.717, 1.165) is 0 Å². The minimum atomic E-state index is -1.46. The summed E-state index contributed by atoms with van der Waals surface area (Å²) < 4.78 is 16.5. The van der Waals surface area contributed by atoms with Crippen LogP contribution in [-0.2, 0) is 20.3 Å². The Balaban J connectivity index is 2.99. The van der Waals surface area contributed by atoms with Crippen LogP contribution in [0.5, 0.6) is 0 Å². The van der Waals surface area contributed by atoms with Gasteiger partial charge in [0.15, 0.2) is 0 Å². The maximum absolute atomic E-state index is 11.9. The third kappa shape index (κ3) is 2.76. The molecule has 0 fully saturated rings. The number of ether oxygens (including phenoxy) is 1. The highest BCUT2D eigenvalue weighted by molar-refractivity contribution is 7.90. The van der Waals surface area contributed by atoms with Gasteiger partial charge in [-0.1, -0.05) is 24.3 Å². The van der Waals surface area contributed by atoms with Crippen molar-refractivity contribution in [1.29, 1.82) is 0 Å². The van der Waals surface area contributed by atoms with Crippen molar-refractivity contribution in [2.45, 2.75) is 11.8 Å². The van der Waals surface area contributed by atoms with Crippen LogP contribution >= 0.6 is 0 Å². The Kier molecular flexibility index (Phi) is 4.24. The van der Waals surface area contributed by atoms with E-state index in [9.17, 15) is 9.00 Å². The summed E-state index contributed by atoms with van der Waals surface area (Å²) in [7, 11) is -0.193. The molecule has 0 bridgehead atoms. The molecule has 0 N–H and O–H groups in total. The van der Waals surface area contributed by atoms with Crippen LogP contribution in [-0.4, -0.2) is 17.3 Å². The van der Waals surface area contributed by atoms with E-state index < -0.39 is 16.8 Å². The second kappa shape index (κ2) is 5.46. The van der Waals surface area contributed by atoms with Crippen LogP contribution < -0.4 is 0 Å². The van der Waals surface area contributed by atoms with E-state index in [-0.39, 0.29) is 4.91 Å². The lowest BCUT2D eigenvalue weighted by molar-refractivity contribution is -0.135. The molecule has 0 saturated carbocycles. The first kappa shape index (κ1) is 11.7. The first-order chi connectivity index (χ1) is 7.20. The van der Waals surface area contributed by atoms with Gasteiger partial charge in [-0.3, -0.25) is 0 Å². The van der Waals surface area contributed by atoms with Gasteiger partial charge in [-0.25, -0.2) is 9.00 Å². The minimum Gasteiger partial charge on any atom is -0.465 e. The van der Waals surface area contributed by atoms with E-state index in [0.29, 0.717) is 4.90 Å². The Morgan fingerprint density at radius 3 is 2.40 bits per heavy atom. The third-order valence-electron chi connectivity index (χ3n) is 1.81. The number of rotatable bonds is 3. The topological polar surface area (TPSA) is 43.4 Å². The molecular weight excluding hydrogens is 212 g/mol. The molecule has 0 amide bonds. The Bertz CT molecular complexity index is 396. The van der Waals surface area contributed by atoms with Crippen molar-refractivity contribution < 1.29 is 13.7 Å². The second-order valence-corrected chi connectivity index (χ2v) is 4.17. The highest BCUT2D eigenvalue weighted by atomic mass is 32.2. The van der Waals surface area contributed by atoms with Crippen molar-refractivity contribution in [2.24, 2.45) is 0 Å². The molecule has 4 heteroatoms. The summed E-state index contributed by atoms with van der Waals surface area (Å²) in [5.74, 6) is -0.556. The summed E-state index contributed by atoms with van der Waals surface area (Å²) in [6.45, 7) is 1.66. The van der Waals surface area contributed by atoms with E-state index in [1.807, 2.05) is 6.07 Å². The smallest absolute Gasteiger partial charge is 0.346 e. The largest absolute Gasteiger partial charge is 0.465 e. The number of carbonyl (C=O) groups excluding carboxylic acids is 1. The number of methoxy groups -OCH3 is 1. The van der Waals surface area contributed by atoms with Gasteiger partial charge in [0.2, 0.25) is 0 Å². The van der Waals surface area contributed by atoms with E-state index in [2.05, 4.69) is 4.74 Å². The number of hydrogen-bond acceptors (Lipinski definition) is 3. The molecule has 80 valence electrons. The van der Waals surface area contributed by atoms with E-state index in [4.69, 9.17) is 0 Å². The zero-order valence-electron chi connectivity index (χ0n) is 8.60. The van der Waals surface area contributed by atoms with Crippen molar-refractivity contribution in [2.75, 3.05) is 7.11 Å². The fourth-order valence-electron chi connectivity index (χ4n) is 1.07. The zero-order valence-corrected chi connectivity index (χ0v) is 9.41. The van der Waals surface area contributed by atoms with Crippen LogP contribution in [0.15, 0.2) is 46.2 Å². The molecule has 0 radical (unpaired) electrons. The second-order valence-electron chi connectivity index (χ2n) is 2.73. The summed E-state index contributed by atoms with van der Waals surface area (Å²) in [6, 6.07) is 8.80. The summed E-state index contributed by atoms with van der Waals surface area (Å²) in [5.41, 5.74) is 0. The molecule has 1 rings (SSSR count). The van der Waals surface area contributed by atoms with Gasteiger partial charge in [0.25, 0.3) is 0 Å². The first-order valence-corrected chi connectivity index (χ1v) is 5.57. The van der Waals surface area contributed by atoms with Gasteiger partial charge < -0.3 is 4.74 Å². The Morgan fingerprint density at radius 2 is 1.93 bits per heavy atom. The molecule has 1 aromatic carbocycles. The standard InChI is InChI=1S/C11H12O3S/c1-3-10(11(12)14-2)15(13)9-7-5-4-6-8-9/h3-8H,1-2H3/b10-3+. The van der Waals surface area contributed by atoms with E-state index in [1.54, 1.807) is 31.2 Å². The van der Waals surface area contributed by atoms with Crippen LogP contribution in [0, 0.1) is 0 Å². The van der Waals surface area contributed by atoms with Crippen LogP contribution in [0.3, 0.4) is 0 Å². The number of carbonyl (C=O) groups is 1. The number of allylic oxidation sites excluding steroid dienone is 1. The van der Waals surface area contributed by atoms with Gasteiger partial charge in [0, 0.05) is 4.90 Å². The Labute approximate surface area is 91.2 Å². The monoisotopic (exact) mass is 224 g/mol. The maximum atomic E-state index is 11.9. The Morgan fingerprint density at radius 1 is 1.33 bits per heavy atom. The van der Waals surface area contributed by atoms with Crippen LogP contribution in [0.2, 0.25) is 0 Å². The summed E-state index contributed by atoms with van der Waals surface area (Å²) in [4.78, 5) is 12.0. The number of hydrogen-bond donors (Lipinski definition) is 0. The van der Waals surface area contributed by atoms with Gasteiger partial charge in [0.05, 0.1) is 17.9 Å². The molecule has 0 aliphatic rings. The van der Waals surface area contributed by atoms with Gasteiger partial charge >= 0.3 is 5.97 Å². The Hall–Kier alpha value is -1.42. The molecule has 0 aliphatic heterocycles. The molecule has 3 nitrogen and oxygen atoms in total. The summed E-state index contributed by atoms with van der Waals surface area (Å²) in [5, 5.41) is 0.